The number of carbonyl (C=O) groups is 3. The van der Waals surface area contributed by atoms with Crippen LogP contribution in [0.25, 0.3) is 5.65 Å². The fraction of sp³-hybridized carbons (Fsp3) is 0.375. The maximum atomic E-state index is 12.5. The molecule has 0 atom stereocenters. The first kappa shape index (κ1) is 23.2. The Hall–Kier alpha value is -2.82. The van der Waals surface area contributed by atoms with Crippen molar-refractivity contribution in [1.29, 1.82) is 0 Å². The van der Waals surface area contributed by atoms with Crippen LogP contribution in [0.1, 0.15) is 37.0 Å². The van der Waals surface area contributed by atoms with Crippen molar-refractivity contribution in [3.63, 3.8) is 0 Å². The average Bonchev–Trinajstić information content (AvgIpc) is 2.91. The number of aryl methyl sites for hydroxylation is 1. The fourth-order valence-corrected chi connectivity index (χ4v) is 2.11. The van der Waals surface area contributed by atoms with E-state index >= 15 is 0 Å². The van der Waals surface area contributed by atoms with Crippen LogP contribution >= 0.6 is 11.6 Å². The minimum absolute atomic E-state index is 0.310. The number of amides is 1. The first-order valence-electron chi connectivity index (χ1n) is 7.73. The van der Waals surface area contributed by atoms with E-state index < -0.39 is 29.6 Å². The Balaban J connectivity index is 0.000000480. The van der Waals surface area contributed by atoms with Gasteiger partial charge < -0.3 is 15.5 Å². The summed E-state index contributed by atoms with van der Waals surface area (Å²) in [6, 6.07) is 3.40. The number of aliphatic carboxylic acids is 2. The molecule has 0 saturated heterocycles. The van der Waals surface area contributed by atoms with Crippen LogP contribution in [-0.2, 0) is 16.0 Å². The molecule has 0 aromatic carbocycles. The lowest BCUT2D eigenvalue weighted by molar-refractivity contribution is -0.192. The van der Waals surface area contributed by atoms with Gasteiger partial charge in [0.05, 0.1) is 10.7 Å². The summed E-state index contributed by atoms with van der Waals surface area (Å²) < 4.78 is 33.3. The van der Waals surface area contributed by atoms with Gasteiger partial charge in [-0.1, -0.05) is 18.5 Å². The SMILES string of the molecule is CCc1nc2ccc(Cl)cn2c1C(=O)NC(C)(C)C(=O)O.O=C(O)C(F)(F)F. The second-order valence-electron chi connectivity index (χ2n) is 6.02. The van der Waals surface area contributed by atoms with Crippen LogP contribution in [0.3, 0.4) is 0 Å². The van der Waals surface area contributed by atoms with E-state index in [1.165, 1.54) is 13.8 Å². The predicted octanol–water partition coefficient (Wildman–Crippen LogP) is 2.78. The summed E-state index contributed by atoms with van der Waals surface area (Å²) >= 11 is 5.96. The van der Waals surface area contributed by atoms with Crippen LogP contribution in [-0.4, -0.2) is 49.2 Å². The Kier molecular flexibility index (Phi) is 7.02. The molecule has 0 fully saturated rings. The van der Waals surface area contributed by atoms with Gasteiger partial charge in [-0.15, -0.1) is 0 Å². The zero-order valence-electron chi connectivity index (χ0n) is 15.0. The van der Waals surface area contributed by atoms with Gasteiger partial charge in [0.25, 0.3) is 5.91 Å². The molecule has 2 heterocycles. The van der Waals surface area contributed by atoms with E-state index in [0.717, 1.165) is 0 Å². The van der Waals surface area contributed by atoms with E-state index in [4.69, 9.17) is 26.6 Å². The van der Waals surface area contributed by atoms with E-state index in [1.807, 2.05) is 6.92 Å². The highest BCUT2D eigenvalue weighted by atomic mass is 35.5. The summed E-state index contributed by atoms with van der Waals surface area (Å²) in [6.45, 7) is 4.73. The minimum Gasteiger partial charge on any atom is -0.480 e. The third-order valence-electron chi connectivity index (χ3n) is 3.41. The first-order chi connectivity index (χ1) is 12.7. The number of nitrogens with one attached hydrogen (secondary N) is 1. The molecular weight excluding hydrogens is 407 g/mol. The Morgan fingerprint density at radius 1 is 1.18 bits per heavy atom. The van der Waals surface area contributed by atoms with Crippen molar-refractivity contribution in [1.82, 2.24) is 14.7 Å². The van der Waals surface area contributed by atoms with Gasteiger partial charge in [0.2, 0.25) is 0 Å². The fourth-order valence-electron chi connectivity index (χ4n) is 1.95. The number of nitrogens with zero attached hydrogens (tertiary/aromatic N) is 2. The van der Waals surface area contributed by atoms with E-state index in [-0.39, 0.29) is 0 Å². The first-order valence-corrected chi connectivity index (χ1v) is 8.11. The monoisotopic (exact) mass is 423 g/mol. The van der Waals surface area contributed by atoms with E-state index in [0.29, 0.717) is 28.5 Å². The molecule has 8 nitrogen and oxygen atoms in total. The number of carboxylic acids is 2. The van der Waals surface area contributed by atoms with Crippen molar-refractivity contribution < 1.29 is 37.8 Å². The van der Waals surface area contributed by atoms with Crippen molar-refractivity contribution in [3.05, 3.63) is 34.7 Å². The van der Waals surface area contributed by atoms with Gasteiger partial charge in [0.1, 0.15) is 16.9 Å². The molecule has 2 rings (SSSR count). The molecule has 3 N–H and O–H groups in total. The highest BCUT2D eigenvalue weighted by Crippen LogP contribution is 2.18. The van der Waals surface area contributed by atoms with Crippen LogP contribution in [0.2, 0.25) is 5.02 Å². The smallest absolute Gasteiger partial charge is 0.480 e. The summed E-state index contributed by atoms with van der Waals surface area (Å²) in [6.07, 6.45) is -2.94. The lowest BCUT2D eigenvalue weighted by atomic mass is 10.1. The number of alkyl halides is 3. The van der Waals surface area contributed by atoms with E-state index in [9.17, 15) is 22.8 Å². The molecule has 154 valence electrons. The standard InChI is InChI=1S/C14H16ClN3O3.C2HF3O2/c1-4-9-11(12(19)17-14(2,3)13(20)21)18-7-8(15)5-6-10(18)16-9;3-2(4,5)1(6)7/h5-7H,4H2,1-3H3,(H,17,19)(H,20,21);(H,6,7). The molecule has 0 aliphatic rings. The largest absolute Gasteiger partial charge is 0.490 e. The maximum Gasteiger partial charge on any atom is 0.490 e. The number of hydrogen-bond acceptors (Lipinski definition) is 4. The molecule has 28 heavy (non-hydrogen) atoms. The highest BCUT2D eigenvalue weighted by molar-refractivity contribution is 6.30. The summed E-state index contributed by atoms with van der Waals surface area (Å²) in [5.41, 5.74) is 0.125. The number of fused-ring (bicyclic) bond motifs is 1. The molecular formula is C16H17ClF3N3O5. The predicted molar refractivity (Wildman–Crippen MR) is 92.5 cm³/mol. The molecule has 2 aromatic rings. The Morgan fingerprint density at radius 3 is 2.14 bits per heavy atom. The molecule has 0 saturated carbocycles. The average molecular weight is 424 g/mol. The normalized spacial score (nSPS) is 11.5. The second kappa shape index (κ2) is 8.46. The Labute approximate surface area is 161 Å². The van der Waals surface area contributed by atoms with Crippen molar-refractivity contribution in [2.45, 2.75) is 38.9 Å². The van der Waals surface area contributed by atoms with Gasteiger partial charge in [0, 0.05) is 6.20 Å². The Morgan fingerprint density at radius 2 is 1.71 bits per heavy atom. The molecule has 12 heteroatoms. The Bertz CT molecular complexity index is 909. The van der Waals surface area contributed by atoms with Gasteiger partial charge in [-0.3, -0.25) is 9.20 Å². The molecule has 0 bridgehead atoms. The number of halogens is 4. The number of pyridine rings is 1. The minimum atomic E-state index is -5.08. The van der Waals surface area contributed by atoms with Gasteiger partial charge in [0.15, 0.2) is 0 Å². The molecule has 0 unspecified atom stereocenters. The molecule has 0 radical (unpaired) electrons. The van der Waals surface area contributed by atoms with E-state index in [2.05, 4.69) is 10.3 Å². The van der Waals surface area contributed by atoms with Crippen LogP contribution in [0.5, 0.6) is 0 Å². The number of hydrogen-bond donors (Lipinski definition) is 3. The third kappa shape index (κ3) is 5.59. The molecule has 0 spiro atoms. The van der Waals surface area contributed by atoms with Gasteiger partial charge >= 0.3 is 18.1 Å². The molecule has 2 aromatic heterocycles. The highest BCUT2D eigenvalue weighted by Gasteiger charge is 2.38. The molecule has 1 amide bonds. The van der Waals surface area contributed by atoms with Crippen LogP contribution < -0.4 is 5.32 Å². The number of carbonyl (C=O) groups excluding carboxylic acids is 1. The van der Waals surface area contributed by atoms with Crippen LogP contribution in [0.4, 0.5) is 13.2 Å². The van der Waals surface area contributed by atoms with Crippen molar-refractivity contribution in [2.24, 2.45) is 0 Å². The zero-order chi connectivity index (χ0) is 21.9. The van der Waals surface area contributed by atoms with Gasteiger partial charge in [-0.2, -0.15) is 13.2 Å². The number of carboxylic acid groups (broad SMARTS) is 2. The van der Waals surface area contributed by atoms with Gasteiger partial charge in [-0.05, 0) is 32.4 Å². The third-order valence-corrected chi connectivity index (χ3v) is 3.63. The summed E-state index contributed by atoms with van der Waals surface area (Å²) in [5.74, 6) is -4.36. The lowest BCUT2D eigenvalue weighted by Gasteiger charge is -2.21. The summed E-state index contributed by atoms with van der Waals surface area (Å²) in [5, 5.41) is 19.2. The number of rotatable bonds is 4. The summed E-state index contributed by atoms with van der Waals surface area (Å²) in [7, 11) is 0. The van der Waals surface area contributed by atoms with Crippen molar-refractivity contribution in [2.75, 3.05) is 0 Å². The van der Waals surface area contributed by atoms with Crippen molar-refractivity contribution >= 4 is 35.1 Å². The van der Waals surface area contributed by atoms with Crippen LogP contribution in [0, 0.1) is 0 Å². The van der Waals surface area contributed by atoms with Crippen molar-refractivity contribution in [3.8, 4) is 0 Å². The number of imidazole rings is 1. The zero-order valence-corrected chi connectivity index (χ0v) is 15.7. The topological polar surface area (TPSA) is 121 Å². The number of aromatic nitrogens is 2. The second-order valence-corrected chi connectivity index (χ2v) is 6.46. The maximum absolute atomic E-state index is 12.5. The van der Waals surface area contributed by atoms with Gasteiger partial charge in [-0.25, -0.2) is 14.6 Å². The van der Waals surface area contributed by atoms with Crippen LogP contribution in [0.15, 0.2) is 18.3 Å². The van der Waals surface area contributed by atoms with E-state index in [1.54, 1.807) is 22.7 Å². The quantitative estimate of drug-likeness (QED) is 0.695. The lowest BCUT2D eigenvalue weighted by Crippen LogP contribution is -2.50. The molecule has 0 aliphatic carbocycles. The molecule has 0 aliphatic heterocycles. The summed E-state index contributed by atoms with van der Waals surface area (Å²) in [4.78, 5) is 36.9.